The van der Waals surface area contributed by atoms with Crippen LogP contribution in [0.2, 0.25) is 0 Å². The molecule has 0 fully saturated rings. The maximum absolute atomic E-state index is 9.22. The first-order valence-electron chi connectivity index (χ1n) is 4.33. The van der Waals surface area contributed by atoms with Gasteiger partial charge in [-0.05, 0) is 0 Å². The molecule has 0 unspecified atom stereocenters. The van der Waals surface area contributed by atoms with Gasteiger partial charge in [0.15, 0.2) is 0 Å². The van der Waals surface area contributed by atoms with E-state index in [4.69, 9.17) is 0 Å². The van der Waals surface area contributed by atoms with Crippen LogP contribution in [0.4, 0.5) is 0 Å². The molecule has 0 saturated heterocycles. The van der Waals surface area contributed by atoms with Crippen molar-refractivity contribution in [3.8, 4) is 0 Å². The number of amides is 1. The molecule has 15 heavy (non-hydrogen) atoms. The molecule has 0 aliphatic heterocycles. The Balaban J connectivity index is 0. The second kappa shape index (κ2) is 12.7. The summed E-state index contributed by atoms with van der Waals surface area (Å²) in [6.45, 7) is 1.31. The number of nitrogens with two attached hydrogens (primary N) is 1. The molecule has 1 amide bonds. The molecule has 0 radical (unpaired) electrons. The average Bonchev–Trinajstić information content (AvgIpc) is 2.83. The summed E-state index contributed by atoms with van der Waals surface area (Å²) in [5, 5.41) is 0. The van der Waals surface area contributed by atoms with Gasteiger partial charge in [-0.2, -0.15) is 36.4 Å². The van der Waals surface area contributed by atoms with Crippen LogP contribution in [-0.4, -0.2) is 5.91 Å². The van der Waals surface area contributed by atoms with Gasteiger partial charge in [-0.3, -0.25) is 4.79 Å². The summed E-state index contributed by atoms with van der Waals surface area (Å²) in [4.78, 5) is 9.22. The Bertz CT molecular complexity index is 223. The van der Waals surface area contributed by atoms with Crippen LogP contribution in [0.5, 0.6) is 0 Å². The number of rotatable bonds is 0. The maximum atomic E-state index is 9.22. The monoisotopic (exact) mass is 245 g/mol. The van der Waals surface area contributed by atoms with E-state index >= 15 is 0 Å². The number of primary amides is 1. The van der Waals surface area contributed by atoms with Crippen LogP contribution in [0, 0.1) is 0 Å². The summed E-state index contributed by atoms with van der Waals surface area (Å²) in [7, 11) is 0. The van der Waals surface area contributed by atoms with Gasteiger partial charge in [-0.15, -0.1) is 0 Å². The Morgan fingerprint density at radius 1 is 0.933 bits per heavy atom. The van der Waals surface area contributed by atoms with Gasteiger partial charge < -0.3 is 5.73 Å². The van der Waals surface area contributed by atoms with Crippen LogP contribution in [0.1, 0.15) is 6.92 Å². The second-order valence-corrected chi connectivity index (χ2v) is 2.54. The Kier molecular flexibility index (Phi) is 13.6. The molecular weight excluding hydrogens is 230 g/mol. The van der Waals surface area contributed by atoms with E-state index in [1.807, 2.05) is 60.7 Å². The van der Waals surface area contributed by atoms with E-state index in [-0.39, 0.29) is 23.0 Å². The van der Waals surface area contributed by atoms with Gasteiger partial charge in [0.1, 0.15) is 0 Å². The molecule has 0 aromatic heterocycles. The zero-order valence-electron chi connectivity index (χ0n) is 8.61. The first-order chi connectivity index (χ1) is 6.73. The Morgan fingerprint density at radius 3 is 1.20 bits per heavy atom. The van der Waals surface area contributed by atoms with Crippen LogP contribution in [0.25, 0.3) is 0 Å². The van der Waals surface area contributed by atoms with E-state index in [0.29, 0.717) is 0 Å². The van der Waals surface area contributed by atoms with Crippen LogP contribution in [0.3, 0.4) is 0 Å². The smallest absolute Gasteiger partial charge is 0.370 e. The molecule has 2 nitrogen and oxygen atoms in total. The third-order valence-corrected chi connectivity index (χ3v) is 1.11. The molecule has 0 spiro atoms. The first-order valence-corrected chi connectivity index (χ1v) is 4.33. The van der Waals surface area contributed by atoms with Crippen molar-refractivity contribution in [2.45, 2.75) is 6.92 Å². The average molecular weight is 245 g/mol. The number of hydrogen-bond acceptors (Lipinski definition) is 1. The largest absolute Gasteiger partial charge is 2.00 e. The SMILES string of the molecule is CC(N)=O.[Fe+2].c1cc[cH-]c1.c1cc[cH-]c1. The predicted octanol–water partition coefficient (Wildman–Crippen LogP) is 2.30. The normalized spacial score (nSPS) is 7.00. The topological polar surface area (TPSA) is 43.1 Å². The molecule has 0 heterocycles. The number of carbonyl (C=O) groups excluding carboxylic acids is 1. The molecule has 2 aromatic carbocycles. The van der Waals surface area contributed by atoms with Crippen molar-refractivity contribution in [1.29, 1.82) is 0 Å². The molecular formula is C12H15FeNO. The van der Waals surface area contributed by atoms with Crippen molar-refractivity contribution >= 4 is 5.91 Å². The van der Waals surface area contributed by atoms with E-state index < -0.39 is 0 Å². The summed E-state index contributed by atoms with van der Waals surface area (Å²) in [5.41, 5.74) is 4.47. The molecule has 2 N–H and O–H groups in total. The van der Waals surface area contributed by atoms with Crippen LogP contribution < -0.4 is 5.73 Å². The maximum Gasteiger partial charge on any atom is 2.00 e. The van der Waals surface area contributed by atoms with E-state index in [2.05, 4.69) is 5.73 Å². The molecule has 2 rings (SSSR count). The first kappa shape index (κ1) is 16.1. The van der Waals surface area contributed by atoms with Crippen LogP contribution in [0.15, 0.2) is 60.7 Å². The molecule has 0 aliphatic rings. The van der Waals surface area contributed by atoms with Gasteiger partial charge in [0.25, 0.3) is 0 Å². The van der Waals surface area contributed by atoms with Gasteiger partial charge in [-0.25, -0.2) is 24.3 Å². The van der Waals surface area contributed by atoms with E-state index in [9.17, 15) is 4.79 Å². The van der Waals surface area contributed by atoms with Crippen molar-refractivity contribution in [3.63, 3.8) is 0 Å². The Hall–Kier alpha value is -1.31. The molecule has 82 valence electrons. The third kappa shape index (κ3) is 19.2. The fourth-order valence-corrected chi connectivity index (χ4v) is 0.642. The van der Waals surface area contributed by atoms with Crippen LogP contribution in [-0.2, 0) is 21.9 Å². The van der Waals surface area contributed by atoms with Crippen LogP contribution >= 0.6 is 0 Å². The van der Waals surface area contributed by atoms with E-state index in [0.717, 1.165) is 0 Å². The molecule has 3 heteroatoms. The van der Waals surface area contributed by atoms with Crippen molar-refractivity contribution in [3.05, 3.63) is 60.7 Å². The van der Waals surface area contributed by atoms with Crippen molar-refractivity contribution in [2.24, 2.45) is 5.73 Å². The fourth-order valence-electron chi connectivity index (χ4n) is 0.642. The fraction of sp³-hybridized carbons (Fsp3) is 0.0833. The Morgan fingerprint density at radius 2 is 1.13 bits per heavy atom. The summed E-state index contributed by atoms with van der Waals surface area (Å²) in [5.74, 6) is -0.333. The zero-order chi connectivity index (χ0) is 10.6. The minimum atomic E-state index is -0.333. The minimum Gasteiger partial charge on any atom is -0.370 e. The standard InChI is InChI=1S/2C5H5.C2H5NO.Fe/c2*1-2-4-5-3-1;1-2(3)4;/h2*1-5H;1H3,(H2,3,4);/q2*-1;;+2. The molecule has 0 saturated carbocycles. The quantitative estimate of drug-likeness (QED) is 0.561. The van der Waals surface area contributed by atoms with E-state index in [1.165, 1.54) is 6.92 Å². The second-order valence-electron chi connectivity index (χ2n) is 2.54. The number of hydrogen-bond donors (Lipinski definition) is 1. The van der Waals surface area contributed by atoms with Crippen molar-refractivity contribution in [1.82, 2.24) is 0 Å². The number of carbonyl (C=O) groups is 1. The molecule has 2 aromatic rings. The third-order valence-electron chi connectivity index (χ3n) is 1.11. The zero-order valence-corrected chi connectivity index (χ0v) is 9.72. The summed E-state index contributed by atoms with van der Waals surface area (Å²) in [6.07, 6.45) is 0. The summed E-state index contributed by atoms with van der Waals surface area (Å²) < 4.78 is 0. The molecule has 0 bridgehead atoms. The van der Waals surface area contributed by atoms with Crippen molar-refractivity contribution < 1.29 is 21.9 Å². The predicted molar refractivity (Wildman–Crippen MR) is 58.9 cm³/mol. The summed E-state index contributed by atoms with van der Waals surface area (Å²) >= 11 is 0. The van der Waals surface area contributed by atoms with Gasteiger partial charge >= 0.3 is 17.1 Å². The van der Waals surface area contributed by atoms with Gasteiger partial charge in [0, 0.05) is 6.92 Å². The summed E-state index contributed by atoms with van der Waals surface area (Å²) in [6, 6.07) is 20.0. The van der Waals surface area contributed by atoms with Gasteiger partial charge in [0.05, 0.1) is 0 Å². The van der Waals surface area contributed by atoms with Crippen molar-refractivity contribution in [2.75, 3.05) is 0 Å². The van der Waals surface area contributed by atoms with E-state index in [1.54, 1.807) is 0 Å². The minimum absolute atomic E-state index is 0. The molecule has 0 aliphatic carbocycles. The Labute approximate surface area is 101 Å². The van der Waals surface area contributed by atoms with Gasteiger partial charge in [-0.1, -0.05) is 0 Å². The molecule has 0 atom stereocenters. The van der Waals surface area contributed by atoms with Gasteiger partial charge in [0.2, 0.25) is 5.91 Å².